The fourth-order valence-electron chi connectivity index (χ4n) is 3.13. The molecule has 2 amide bonds. The number of non-ortho nitro benzene ring substituents is 1. The standard InChI is InChI=1S/C19H20N4O5/c1-19(2)14(11-21-18(25)20-3)17(22-9-5-4-6-16(22)24)13-10-12(23(26)27)7-8-15(13)28-19/h4-10H,11H2,1-3H3,(H2,20,21,25). The van der Waals surface area contributed by atoms with Gasteiger partial charge >= 0.3 is 6.03 Å². The van der Waals surface area contributed by atoms with Gasteiger partial charge in [-0.15, -0.1) is 0 Å². The van der Waals surface area contributed by atoms with E-state index in [4.69, 9.17) is 4.74 Å². The van der Waals surface area contributed by atoms with Crippen LogP contribution in [0.15, 0.2) is 53.0 Å². The first-order valence-electron chi connectivity index (χ1n) is 8.59. The van der Waals surface area contributed by atoms with Crippen LogP contribution in [-0.2, 0) is 0 Å². The van der Waals surface area contributed by atoms with E-state index in [0.717, 1.165) is 0 Å². The number of fused-ring (bicyclic) bond motifs is 1. The predicted octanol–water partition coefficient (Wildman–Crippen LogP) is 2.12. The Morgan fingerprint density at radius 1 is 1.29 bits per heavy atom. The summed E-state index contributed by atoms with van der Waals surface area (Å²) >= 11 is 0. The van der Waals surface area contributed by atoms with E-state index in [1.807, 2.05) is 13.8 Å². The number of amides is 2. The third-order valence-corrected chi connectivity index (χ3v) is 4.52. The Hall–Kier alpha value is -3.62. The highest BCUT2D eigenvalue weighted by atomic mass is 16.6. The highest BCUT2D eigenvalue weighted by Crippen LogP contribution is 2.42. The Kier molecular flexibility index (Phi) is 4.91. The first-order valence-corrected chi connectivity index (χ1v) is 8.59. The molecule has 1 aromatic heterocycles. The summed E-state index contributed by atoms with van der Waals surface area (Å²) in [7, 11) is 1.49. The molecule has 0 atom stereocenters. The number of hydrogen-bond donors (Lipinski definition) is 2. The molecule has 0 bridgehead atoms. The highest BCUT2D eigenvalue weighted by molar-refractivity contribution is 5.80. The van der Waals surface area contributed by atoms with Gasteiger partial charge in [0.15, 0.2) is 0 Å². The summed E-state index contributed by atoms with van der Waals surface area (Å²) in [6.07, 6.45) is 1.58. The molecule has 0 spiro atoms. The number of aromatic nitrogens is 1. The quantitative estimate of drug-likeness (QED) is 0.619. The van der Waals surface area contributed by atoms with Gasteiger partial charge in [-0.2, -0.15) is 0 Å². The Labute approximate surface area is 160 Å². The van der Waals surface area contributed by atoms with E-state index < -0.39 is 16.6 Å². The Balaban J connectivity index is 2.30. The van der Waals surface area contributed by atoms with Crippen molar-refractivity contribution >= 4 is 17.4 Å². The number of nitro groups is 1. The molecule has 1 aromatic carbocycles. The monoisotopic (exact) mass is 384 g/mol. The van der Waals surface area contributed by atoms with E-state index in [-0.39, 0.29) is 17.8 Å². The molecule has 9 nitrogen and oxygen atoms in total. The smallest absolute Gasteiger partial charge is 0.314 e. The Morgan fingerprint density at radius 3 is 2.68 bits per heavy atom. The maximum atomic E-state index is 12.6. The molecule has 0 saturated heterocycles. The lowest BCUT2D eigenvalue weighted by Gasteiger charge is -2.37. The minimum Gasteiger partial charge on any atom is -0.483 e. The Morgan fingerprint density at radius 2 is 2.04 bits per heavy atom. The van der Waals surface area contributed by atoms with Crippen molar-refractivity contribution in [1.82, 2.24) is 15.2 Å². The molecule has 0 fully saturated rings. The van der Waals surface area contributed by atoms with Gasteiger partial charge in [0.1, 0.15) is 11.4 Å². The normalized spacial score (nSPS) is 14.7. The van der Waals surface area contributed by atoms with Crippen LogP contribution in [0.5, 0.6) is 5.75 Å². The van der Waals surface area contributed by atoms with E-state index in [1.54, 1.807) is 18.3 Å². The molecule has 0 aliphatic carbocycles. The zero-order valence-corrected chi connectivity index (χ0v) is 15.7. The van der Waals surface area contributed by atoms with Crippen molar-refractivity contribution in [2.24, 2.45) is 0 Å². The van der Waals surface area contributed by atoms with Gasteiger partial charge < -0.3 is 15.4 Å². The van der Waals surface area contributed by atoms with Crippen molar-refractivity contribution in [1.29, 1.82) is 0 Å². The van der Waals surface area contributed by atoms with Gasteiger partial charge in [0.05, 0.1) is 10.6 Å². The zero-order valence-electron chi connectivity index (χ0n) is 15.7. The van der Waals surface area contributed by atoms with Crippen LogP contribution in [0.4, 0.5) is 10.5 Å². The maximum absolute atomic E-state index is 12.6. The minimum absolute atomic E-state index is 0.0888. The Bertz CT molecular complexity index is 1040. The van der Waals surface area contributed by atoms with Crippen LogP contribution in [0.3, 0.4) is 0 Å². The SMILES string of the molecule is CNC(=O)NCC1=C(n2ccccc2=O)c2cc([N+](=O)[O-])ccc2OC1(C)C. The molecule has 0 saturated carbocycles. The molecule has 9 heteroatoms. The molecule has 1 aliphatic rings. The van der Waals surface area contributed by atoms with Crippen molar-refractivity contribution in [2.75, 3.05) is 13.6 Å². The predicted molar refractivity (Wildman–Crippen MR) is 103 cm³/mol. The van der Waals surface area contributed by atoms with Gasteiger partial charge in [-0.25, -0.2) is 4.79 Å². The molecular weight excluding hydrogens is 364 g/mol. The number of ether oxygens (including phenoxy) is 1. The number of urea groups is 1. The number of carbonyl (C=O) groups is 1. The van der Waals surface area contributed by atoms with E-state index in [9.17, 15) is 19.7 Å². The van der Waals surface area contributed by atoms with E-state index in [1.165, 1.54) is 35.9 Å². The molecule has 1 aliphatic heterocycles. The average Bonchev–Trinajstić information content (AvgIpc) is 2.65. The lowest BCUT2D eigenvalue weighted by Crippen LogP contribution is -2.44. The number of carbonyl (C=O) groups excluding carboxylic acids is 1. The second-order valence-electron chi connectivity index (χ2n) is 6.72. The fraction of sp³-hybridized carbons (Fsp3) is 0.263. The van der Waals surface area contributed by atoms with Gasteiger partial charge in [-0.1, -0.05) is 6.07 Å². The molecule has 0 unspecified atom stereocenters. The summed E-state index contributed by atoms with van der Waals surface area (Å²) in [5.41, 5.74) is 0.187. The molecule has 2 N–H and O–H groups in total. The van der Waals surface area contributed by atoms with Gasteiger partial charge in [0.2, 0.25) is 0 Å². The van der Waals surface area contributed by atoms with Gasteiger partial charge in [-0.3, -0.25) is 19.5 Å². The number of rotatable bonds is 4. The number of benzene rings is 1. The first kappa shape index (κ1) is 19.2. The molecule has 2 aromatic rings. The second-order valence-corrected chi connectivity index (χ2v) is 6.72. The molecular formula is C19H20N4O5. The van der Waals surface area contributed by atoms with E-state index in [0.29, 0.717) is 22.6 Å². The van der Waals surface area contributed by atoms with E-state index in [2.05, 4.69) is 10.6 Å². The van der Waals surface area contributed by atoms with Crippen LogP contribution in [-0.4, -0.2) is 34.7 Å². The van der Waals surface area contributed by atoms with Crippen LogP contribution in [0, 0.1) is 10.1 Å². The van der Waals surface area contributed by atoms with Gasteiger partial charge in [-0.05, 0) is 26.0 Å². The van der Waals surface area contributed by atoms with Crippen LogP contribution in [0.25, 0.3) is 5.70 Å². The zero-order chi connectivity index (χ0) is 20.5. The summed E-state index contributed by atoms with van der Waals surface area (Å²) in [5, 5.41) is 16.5. The lowest BCUT2D eigenvalue weighted by atomic mass is 9.89. The summed E-state index contributed by atoms with van der Waals surface area (Å²) in [5.74, 6) is 0.421. The summed E-state index contributed by atoms with van der Waals surface area (Å²) in [4.78, 5) is 35.0. The highest BCUT2D eigenvalue weighted by Gasteiger charge is 2.37. The third kappa shape index (κ3) is 3.46. The molecule has 2 heterocycles. The molecule has 146 valence electrons. The van der Waals surface area contributed by atoms with Gasteiger partial charge in [0.25, 0.3) is 11.2 Å². The minimum atomic E-state index is -0.866. The number of nitro benzene ring substituents is 1. The maximum Gasteiger partial charge on any atom is 0.314 e. The van der Waals surface area contributed by atoms with Crippen molar-refractivity contribution < 1.29 is 14.5 Å². The lowest BCUT2D eigenvalue weighted by molar-refractivity contribution is -0.384. The largest absolute Gasteiger partial charge is 0.483 e. The van der Waals surface area contributed by atoms with Crippen LogP contribution in [0.2, 0.25) is 0 Å². The van der Waals surface area contributed by atoms with Crippen molar-refractivity contribution in [3.05, 3.63) is 74.2 Å². The number of nitrogens with one attached hydrogen (secondary N) is 2. The second kappa shape index (κ2) is 7.18. The first-order chi connectivity index (χ1) is 13.2. The molecule has 28 heavy (non-hydrogen) atoms. The number of nitrogens with zero attached hydrogens (tertiary/aromatic N) is 2. The average molecular weight is 384 g/mol. The summed E-state index contributed by atoms with van der Waals surface area (Å²) < 4.78 is 7.47. The van der Waals surface area contributed by atoms with Gasteiger partial charge in [0, 0.05) is 49.1 Å². The number of hydrogen-bond acceptors (Lipinski definition) is 5. The van der Waals surface area contributed by atoms with Crippen LogP contribution < -0.4 is 20.9 Å². The third-order valence-electron chi connectivity index (χ3n) is 4.52. The van der Waals surface area contributed by atoms with Crippen molar-refractivity contribution in [3.63, 3.8) is 0 Å². The van der Waals surface area contributed by atoms with Crippen molar-refractivity contribution in [3.8, 4) is 5.75 Å². The van der Waals surface area contributed by atoms with Crippen molar-refractivity contribution in [2.45, 2.75) is 19.4 Å². The van der Waals surface area contributed by atoms with Crippen LogP contribution in [0.1, 0.15) is 19.4 Å². The number of pyridine rings is 1. The fourth-order valence-corrected chi connectivity index (χ4v) is 3.13. The topological polar surface area (TPSA) is 116 Å². The summed E-state index contributed by atoms with van der Waals surface area (Å²) in [6, 6.07) is 8.56. The summed E-state index contributed by atoms with van der Waals surface area (Å²) in [6.45, 7) is 3.71. The molecule has 3 rings (SSSR count). The van der Waals surface area contributed by atoms with E-state index >= 15 is 0 Å². The van der Waals surface area contributed by atoms with Crippen LogP contribution >= 0.6 is 0 Å². The molecule has 0 radical (unpaired) electrons.